The molecule has 0 aliphatic heterocycles. The highest BCUT2D eigenvalue weighted by molar-refractivity contribution is 6.09. The number of methoxy groups -OCH3 is 1. The maximum atomic E-state index is 13.9. The molecule has 2 bridgehead atoms. The van der Waals surface area contributed by atoms with Crippen LogP contribution in [0.25, 0.3) is 10.9 Å². The van der Waals surface area contributed by atoms with E-state index in [0.29, 0.717) is 19.1 Å². The van der Waals surface area contributed by atoms with Gasteiger partial charge in [0, 0.05) is 30.3 Å². The number of hydrogen-bond donors (Lipinski definition) is 1. The maximum absolute atomic E-state index is 13.9. The second kappa shape index (κ2) is 9.59. The van der Waals surface area contributed by atoms with Gasteiger partial charge in [-0.25, -0.2) is 0 Å². The molecule has 2 unspecified atom stereocenters. The number of rotatable bonds is 9. The molecule has 36 heavy (non-hydrogen) atoms. The summed E-state index contributed by atoms with van der Waals surface area (Å²) in [5.74, 6) is 1.52. The summed E-state index contributed by atoms with van der Waals surface area (Å²) in [4.78, 5) is 13.9. The first-order valence-electron chi connectivity index (χ1n) is 13.3. The highest BCUT2D eigenvalue weighted by Gasteiger charge is 2.59. The molecule has 0 spiro atoms. The quantitative estimate of drug-likeness (QED) is 0.349. The molecule has 0 saturated heterocycles. The molecule has 5 heteroatoms. The number of amides is 1. The van der Waals surface area contributed by atoms with Crippen molar-refractivity contribution in [3.63, 3.8) is 0 Å². The van der Waals surface area contributed by atoms with Crippen LogP contribution in [0.15, 0.2) is 48.5 Å². The fourth-order valence-corrected chi connectivity index (χ4v) is 7.19. The third-order valence-corrected chi connectivity index (χ3v) is 9.08. The number of benzene rings is 2. The molecule has 1 heterocycles. The minimum atomic E-state index is 0.0386. The standard InChI is InChI=1S/C31H40N2O3/c1-21-26(28(34)32-29-30(2,3)23-15-16-31(29,4)19-23)24-13-9-14-25(35-5)27(24)33(21)17-10-18-36-20-22-11-7-6-8-12-22/h6-9,11-14,23,29H,10,15-20H2,1-5H3,(H,32,34)/t23-,29?,31?/m0/s1. The van der Waals surface area contributed by atoms with E-state index >= 15 is 0 Å². The van der Waals surface area contributed by atoms with E-state index in [1.165, 1.54) is 24.8 Å². The van der Waals surface area contributed by atoms with Gasteiger partial charge in [0.2, 0.25) is 0 Å². The van der Waals surface area contributed by atoms with Crippen molar-refractivity contribution >= 4 is 16.8 Å². The SMILES string of the molecule is COc1cccc2c(C(=O)NC3C4(C)CC[C@@H](C4)C3(C)C)c(C)n(CCCOCc3ccccc3)c12. The van der Waals surface area contributed by atoms with E-state index < -0.39 is 0 Å². The van der Waals surface area contributed by atoms with Gasteiger partial charge >= 0.3 is 0 Å². The average Bonchev–Trinajstić information content (AvgIpc) is 3.46. The molecule has 5 nitrogen and oxygen atoms in total. The molecule has 3 atom stereocenters. The van der Waals surface area contributed by atoms with Gasteiger partial charge in [0.15, 0.2) is 0 Å². The van der Waals surface area contributed by atoms with Crippen LogP contribution in [-0.2, 0) is 17.9 Å². The second-order valence-corrected chi connectivity index (χ2v) is 11.7. The number of nitrogens with one attached hydrogen (secondary N) is 1. The number of carbonyl (C=O) groups is 1. The van der Waals surface area contributed by atoms with Crippen molar-refractivity contribution in [2.45, 2.75) is 72.6 Å². The molecule has 1 N–H and O–H groups in total. The molecule has 5 rings (SSSR count). The van der Waals surface area contributed by atoms with E-state index in [1.807, 2.05) is 30.3 Å². The van der Waals surface area contributed by atoms with Crippen LogP contribution in [0, 0.1) is 23.7 Å². The van der Waals surface area contributed by atoms with Crippen molar-refractivity contribution in [1.82, 2.24) is 9.88 Å². The summed E-state index contributed by atoms with van der Waals surface area (Å²) in [5, 5.41) is 4.48. The molecule has 192 valence electrons. The molecule has 2 aliphatic carbocycles. The Morgan fingerprint density at radius 2 is 1.89 bits per heavy atom. The molecule has 2 saturated carbocycles. The third kappa shape index (κ3) is 4.21. The summed E-state index contributed by atoms with van der Waals surface area (Å²) in [6.45, 7) is 11.1. The Bertz CT molecular complexity index is 1240. The summed E-state index contributed by atoms with van der Waals surface area (Å²) >= 11 is 0. The van der Waals surface area contributed by atoms with Gasteiger partial charge in [-0.3, -0.25) is 4.79 Å². The van der Waals surface area contributed by atoms with Gasteiger partial charge < -0.3 is 19.4 Å². The van der Waals surface area contributed by atoms with E-state index in [9.17, 15) is 4.79 Å². The number of aryl methyl sites for hydroxylation is 1. The molecule has 0 radical (unpaired) electrons. The lowest BCUT2D eigenvalue weighted by atomic mass is 9.68. The molecule has 3 aromatic rings. The molecule has 2 aliphatic rings. The van der Waals surface area contributed by atoms with Gasteiger partial charge in [-0.15, -0.1) is 0 Å². The summed E-state index contributed by atoms with van der Waals surface area (Å²) in [6.07, 6.45) is 4.54. The van der Waals surface area contributed by atoms with Crippen molar-refractivity contribution in [2.75, 3.05) is 13.7 Å². The van der Waals surface area contributed by atoms with Crippen molar-refractivity contribution in [3.05, 3.63) is 65.4 Å². The highest BCUT2D eigenvalue weighted by atomic mass is 16.5. The Hall–Kier alpha value is -2.79. The van der Waals surface area contributed by atoms with Crippen LogP contribution in [0.4, 0.5) is 0 Å². The predicted octanol–water partition coefficient (Wildman–Crippen LogP) is 6.51. The van der Waals surface area contributed by atoms with Gasteiger partial charge in [0.05, 0.1) is 24.8 Å². The van der Waals surface area contributed by atoms with Crippen molar-refractivity contribution in [3.8, 4) is 5.75 Å². The first-order valence-corrected chi connectivity index (χ1v) is 13.3. The van der Waals surface area contributed by atoms with E-state index in [2.05, 4.69) is 55.8 Å². The van der Waals surface area contributed by atoms with Gasteiger partial charge in [-0.1, -0.05) is 63.2 Å². The molecule has 2 aromatic carbocycles. The lowest BCUT2D eigenvalue weighted by Gasteiger charge is -2.43. The van der Waals surface area contributed by atoms with Gasteiger partial charge in [-0.05, 0) is 61.0 Å². The number of para-hydroxylation sites is 1. The summed E-state index contributed by atoms with van der Waals surface area (Å²) in [7, 11) is 1.70. The van der Waals surface area contributed by atoms with Crippen molar-refractivity contribution < 1.29 is 14.3 Å². The Morgan fingerprint density at radius 3 is 2.58 bits per heavy atom. The highest BCUT2D eigenvalue weighted by Crippen LogP contribution is 2.62. The molecule has 1 aromatic heterocycles. The van der Waals surface area contributed by atoms with E-state index in [4.69, 9.17) is 9.47 Å². The number of aromatic nitrogens is 1. The van der Waals surface area contributed by atoms with Crippen LogP contribution in [0.3, 0.4) is 0 Å². The van der Waals surface area contributed by atoms with Crippen molar-refractivity contribution in [1.29, 1.82) is 0 Å². The summed E-state index contributed by atoms with van der Waals surface area (Å²) in [5.41, 5.74) is 4.23. The Morgan fingerprint density at radius 1 is 1.11 bits per heavy atom. The summed E-state index contributed by atoms with van der Waals surface area (Å²) < 4.78 is 13.9. The van der Waals surface area contributed by atoms with Crippen LogP contribution in [0.2, 0.25) is 0 Å². The smallest absolute Gasteiger partial charge is 0.253 e. The number of hydrogen-bond acceptors (Lipinski definition) is 3. The number of nitrogens with zero attached hydrogens (tertiary/aromatic N) is 1. The minimum absolute atomic E-state index is 0.0386. The fraction of sp³-hybridized carbons (Fsp3) is 0.516. The predicted molar refractivity (Wildman–Crippen MR) is 144 cm³/mol. The number of fused-ring (bicyclic) bond motifs is 3. The topological polar surface area (TPSA) is 52.5 Å². The first-order chi connectivity index (χ1) is 17.3. The minimum Gasteiger partial charge on any atom is -0.495 e. The zero-order chi connectivity index (χ0) is 25.5. The first kappa shape index (κ1) is 24.9. The number of carbonyl (C=O) groups excluding carboxylic acids is 1. The van der Waals surface area contributed by atoms with E-state index in [0.717, 1.165) is 40.9 Å². The molecule has 1 amide bonds. The molecular weight excluding hydrogens is 448 g/mol. The van der Waals surface area contributed by atoms with Gasteiger partial charge in [0.1, 0.15) is 5.75 Å². The van der Waals surface area contributed by atoms with E-state index in [1.54, 1.807) is 7.11 Å². The Labute approximate surface area is 215 Å². The van der Waals surface area contributed by atoms with Gasteiger partial charge in [-0.2, -0.15) is 0 Å². The average molecular weight is 489 g/mol. The fourth-order valence-electron chi connectivity index (χ4n) is 7.19. The maximum Gasteiger partial charge on any atom is 0.253 e. The van der Waals surface area contributed by atoms with Crippen LogP contribution >= 0.6 is 0 Å². The van der Waals surface area contributed by atoms with Crippen molar-refractivity contribution in [2.24, 2.45) is 16.7 Å². The Balaban J connectivity index is 1.37. The lowest BCUT2D eigenvalue weighted by molar-refractivity contribution is 0.0738. The monoisotopic (exact) mass is 488 g/mol. The molecular formula is C31H40N2O3. The number of ether oxygens (including phenoxy) is 2. The largest absolute Gasteiger partial charge is 0.495 e. The van der Waals surface area contributed by atoms with E-state index in [-0.39, 0.29) is 22.8 Å². The van der Waals surface area contributed by atoms with Crippen LogP contribution in [0.1, 0.15) is 68.1 Å². The van der Waals surface area contributed by atoms with Crippen LogP contribution < -0.4 is 10.1 Å². The van der Waals surface area contributed by atoms with Crippen LogP contribution in [0.5, 0.6) is 5.75 Å². The normalized spacial score (nSPS) is 24.4. The van der Waals surface area contributed by atoms with Crippen LogP contribution in [-0.4, -0.2) is 30.2 Å². The van der Waals surface area contributed by atoms with Gasteiger partial charge in [0.25, 0.3) is 5.91 Å². The lowest BCUT2D eigenvalue weighted by Crippen LogP contribution is -2.52. The zero-order valence-electron chi connectivity index (χ0n) is 22.4. The zero-order valence-corrected chi connectivity index (χ0v) is 22.4. The second-order valence-electron chi connectivity index (χ2n) is 11.7. The third-order valence-electron chi connectivity index (χ3n) is 9.08. The molecule has 2 fully saturated rings. The Kier molecular flexibility index (Phi) is 6.63. The summed E-state index contributed by atoms with van der Waals surface area (Å²) in [6, 6.07) is 16.4.